The SMILES string of the molecule is CS(=O)(=O)c1cccc(OCc2ccc(Br)s2)c1. The van der Waals surface area contributed by atoms with E-state index in [4.69, 9.17) is 4.74 Å². The van der Waals surface area contributed by atoms with Crippen molar-refractivity contribution in [3.8, 4) is 5.75 Å². The van der Waals surface area contributed by atoms with Crippen molar-refractivity contribution >= 4 is 37.1 Å². The molecule has 0 saturated heterocycles. The topological polar surface area (TPSA) is 43.4 Å². The number of sulfone groups is 1. The summed E-state index contributed by atoms with van der Waals surface area (Å²) < 4.78 is 29.4. The Labute approximate surface area is 118 Å². The summed E-state index contributed by atoms with van der Waals surface area (Å²) in [6.45, 7) is 0.434. The summed E-state index contributed by atoms with van der Waals surface area (Å²) in [5, 5.41) is 0. The molecule has 0 radical (unpaired) electrons. The van der Waals surface area contributed by atoms with Crippen LogP contribution in [0.25, 0.3) is 0 Å². The van der Waals surface area contributed by atoms with E-state index in [1.165, 1.54) is 12.3 Å². The van der Waals surface area contributed by atoms with Crippen LogP contribution in [0.3, 0.4) is 0 Å². The van der Waals surface area contributed by atoms with Crippen molar-refractivity contribution in [1.29, 1.82) is 0 Å². The molecule has 0 N–H and O–H groups in total. The van der Waals surface area contributed by atoms with Crippen LogP contribution in [0.1, 0.15) is 4.88 Å². The van der Waals surface area contributed by atoms with Gasteiger partial charge in [-0.25, -0.2) is 8.42 Å². The van der Waals surface area contributed by atoms with E-state index in [2.05, 4.69) is 15.9 Å². The van der Waals surface area contributed by atoms with Crippen LogP contribution in [0.4, 0.5) is 0 Å². The van der Waals surface area contributed by atoms with Gasteiger partial charge in [0.15, 0.2) is 9.84 Å². The summed E-state index contributed by atoms with van der Waals surface area (Å²) in [7, 11) is -3.19. The smallest absolute Gasteiger partial charge is 0.175 e. The average Bonchev–Trinajstić information content (AvgIpc) is 2.72. The molecular formula is C12H11BrO3S2. The van der Waals surface area contributed by atoms with Crippen LogP contribution in [-0.2, 0) is 16.4 Å². The van der Waals surface area contributed by atoms with Crippen LogP contribution in [-0.4, -0.2) is 14.7 Å². The largest absolute Gasteiger partial charge is 0.488 e. The molecule has 0 bridgehead atoms. The molecule has 0 aliphatic heterocycles. The molecule has 96 valence electrons. The van der Waals surface area contributed by atoms with Crippen LogP contribution in [0.5, 0.6) is 5.75 Å². The summed E-state index contributed by atoms with van der Waals surface area (Å²) in [6.07, 6.45) is 1.18. The standard InChI is InChI=1S/C12H11BrO3S2/c1-18(14,15)11-4-2-3-9(7-11)16-8-10-5-6-12(13)17-10/h2-7H,8H2,1H3. The van der Waals surface area contributed by atoms with Crippen LogP contribution in [0.15, 0.2) is 45.1 Å². The minimum atomic E-state index is -3.19. The lowest BCUT2D eigenvalue weighted by atomic mass is 10.3. The van der Waals surface area contributed by atoms with E-state index in [9.17, 15) is 8.42 Å². The first-order valence-corrected chi connectivity index (χ1v) is 8.62. The van der Waals surface area contributed by atoms with E-state index in [-0.39, 0.29) is 4.90 Å². The molecule has 3 nitrogen and oxygen atoms in total. The lowest BCUT2D eigenvalue weighted by Gasteiger charge is -2.06. The van der Waals surface area contributed by atoms with Crippen molar-refractivity contribution in [2.45, 2.75) is 11.5 Å². The molecular weight excluding hydrogens is 336 g/mol. The Morgan fingerprint density at radius 3 is 2.67 bits per heavy atom. The van der Waals surface area contributed by atoms with E-state index in [0.29, 0.717) is 12.4 Å². The zero-order valence-electron chi connectivity index (χ0n) is 9.59. The predicted octanol–water partition coefficient (Wildman–Crippen LogP) is 3.49. The van der Waals surface area contributed by atoms with Gasteiger partial charge in [0.05, 0.1) is 8.68 Å². The minimum absolute atomic E-state index is 0.271. The number of benzene rings is 1. The van der Waals surface area contributed by atoms with Gasteiger partial charge < -0.3 is 4.74 Å². The Kier molecular flexibility index (Phi) is 4.09. The Balaban J connectivity index is 2.11. The molecule has 0 fully saturated rings. The highest BCUT2D eigenvalue weighted by molar-refractivity contribution is 9.11. The first-order chi connectivity index (χ1) is 8.45. The Bertz CT molecular complexity index is 647. The van der Waals surface area contributed by atoms with Crippen molar-refractivity contribution in [2.24, 2.45) is 0 Å². The number of thiophene rings is 1. The van der Waals surface area contributed by atoms with Gasteiger partial charge in [0.2, 0.25) is 0 Å². The molecule has 2 aromatic rings. The zero-order valence-corrected chi connectivity index (χ0v) is 12.8. The Hall–Kier alpha value is -0.850. The van der Waals surface area contributed by atoms with E-state index in [1.807, 2.05) is 12.1 Å². The Morgan fingerprint density at radius 2 is 2.06 bits per heavy atom. The van der Waals surface area contributed by atoms with E-state index in [1.54, 1.807) is 29.5 Å². The summed E-state index contributed by atoms with van der Waals surface area (Å²) in [4.78, 5) is 1.35. The highest BCUT2D eigenvalue weighted by Crippen LogP contribution is 2.24. The second kappa shape index (κ2) is 5.42. The normalized spacial score (nSPS) is 11.4. The Morgan fingerprint density at radius 1 is 1.28 bits per heavy atom. The maximum Gasteiger partial charge on any atom is 0.175 e. The van der Waals surface area contributed by atoms with Crippen LogP contribution < -0.4 is 4.74 Å². The van der Waals surface area contributed by atoms with Crippen LogP contribution >= 0.6 is 27.3 Å². The predicted molar refractivity (Wildman–Crippen MR) is 75.9 cm³/mol. The van der Waals surface area contributed by atoms with Crippen molar-refractivity contribution in [3.63, 3.8) is 0 Å². The highest BCUT2D eigenvalue weighted by atomic mass is 79.9. The fourth-order valence-electron chi connectivity index (χ4n) is 1.38. The molecule has 1 aromatic carbocycles. The average molecular weight is 347 g/mol. The van der Waals surface area contributed by atoms with E-state index < -0.39 is 9.84 Å². The second-order valence-corrected chi connectivity index (χ2v) is 8.30. The molecule has 0 saturated carbocycles. The number of hydrogen-bond donors (Lipinski definition) is 0. The number of ether oxygens (including phenoxy) is 1. The summed E-state index contributed by atoms with van der Waals surface area (Å²) in [5.41, 5.74) is 0. The molecule has 6 heteroatoms. The third kappa shape index (κ3) is 3.57. The number of hydrogen-bond acceptors (Lipinski definition) is 4. The minimum Gasteiger partial charge on any atom is -0.488 e. The molecule has 1 heterocycles. The maximum absolute atomic E-state index is 11.4. The number of halogens is 1. The van der Waals surface area contributed by atoms with Gasteiger partial charge in [-0.1, -0.05) is 6.07 Å². The lowest BCUT2D eigenvalue weighted by Crippen LogP contribution is -1.98. The van der Waals surface area contributed by atoms with E-state index in [0.717, 1.165) is 8.66 Å². The van der Waals surface area contributed by atoms with Crippen LogP contribution in [0, 0.1) is 0 Å². The molecule has 0 aliphatic rings. The second-order valence-electron chi connectivity index (χ2n) is 3.74. The molecule has 1 aromatic heterocycles. The molecule has 0 atom stereocenters. The first kappa shape index (κ1) is 13.6. The summed E-state index contributed by atoms with van der Waals surface area (Å²) >= 11 is 4.97. The maximum atomic E-state index is 11.4. The van der Waals surface area contributed by atoms with Gasteiger partial charge in [-0.15, -0.1) is 11.3 Å². The highest BCUT2D eigenvalue weighted by Gasteiger charge is 2.08. The molecule has 0 amide bonds. The first-order valence-electron chi connectivity index (χ1n) is 5.12. The third-order valence-electron chi connectivity index (χ3n) is 2.24. The van der Waals surface area contributed by atoms with Crippen molar-refractivity contribution in [3.05, 3.63) is 45.1 Å². The van der Waals surface area contributed by atoms with Crippen LogP contribution in [0.2, 0.25) is 0 Å². The van der Waals surface area contributed by atoms with E-state index >= 15 is 0 Å². The quantitative estimate of drug-likeness (QED) is 0.850. The lowest BCUT2D eigenvalue weighted by molar-refractivity contribution is 0.309. The molecule has 2 rings (SSSR count). The van der Waals surface area contributed by atoms with Crippen molar-refractivity contribution < 1.29 is 13.2 Å². The van der Waals surface area contributed by atoms with Gasteiger partial charge in [-0.2, -0.15) is 0 Å². The molecule has 0 spiro atoms. The number of rotatable bonds is 4. The van der Waals surface area contributed by atoms with Crippen molar-refractivity contribution in [2.75, 3.05) is 6.26 Å². The fourth-order valence-corrected chi connectivity index (χ4v) is 3.43. The molecule has 0 aliphatic carbocycles. The monoisotopic (exact) mass is 346 g/mol. The summed E-state index contributed by atoms with van der Waals surface area (Å²) in [6, 6.07) is 10.4. The summed E-state index contributed by atoms with van der Waals surface area (Å²) in [5.74, 6) is 0.558. The zero-order chi connectivity index (χ0) is 13.2. The van der Waals surface area contributed by atoms with Crippen molar-refractivity contribution in [1.82, 2.24) is 0 Å². The fraction of sp³-hybridized carbons (Fsp3) is 0.167. The van der Waals surface area contributed by atoms with Gasteiger partial charge in [-0.05, 0) is 46.3 Å². The van der Waals surface area contributed by atoms with Gasteiger partial charge >= 0.3 is 0 Å². The van der Waals surface area contributed by atoms with Gasteiger partial charge in [0.1, 0.15) is 12.4 Å². The van der Waals surface area contributed by atoms with Gasteiger partial charge in [0, 0.05) is 11.1 Å². The molecule has 0 unspecified atom stereocenters. The molecule has 18 heavy (non-hydrogen) atoms. The third-order valence-corrected chi connectivity index (χ3v) is 4.95. The van der Waals surface area contributed by atoms with Gasteiger partial charge in [-0.3, -0.25) is 0 Å². The van der Waals surface area contributed by atoms with Gasteiger partial charge in [0.25, 0.3) is 0 Å².